The van der Waals surface area contributed by atoms with E-state index in [9.17, 15) is 10.1 Å². The van der Waals surface area contributed by atoms with Crippen molar-refractivity contribution in [3.63, 3.8) is 0 Å². The maximum Gasteiger partial charge on any atom is 0.313 e. The number of hydrogen-bond acceptors (Lipinski definition) is 4. The largest absolute Gasteiger partial charge is 0.489 e. The predicted molar refractivity (Wildman–Crippen MR) is 52.1 cm³/mol. The van der Waals surface area contributed by atoms with Crippen molar-refractivity contribution in [2.24, 2.45) is 0 Å². The zero-order valence-electron chi connectivity index (χ0n) is 7.15. The summed E-state index contributed by atoms with van der Waals surface area (Å²) in [4.78, 5) is 10.0. The highest BCUT2D eigenvalue weighted by Crippen LogP contribution is 2.35. The molecule has 0 fully saturated rings. The van der Waals surface area contributed by atoms with Gasteiger partial charge in [0.2, 0.25) is 5.75 Å². The minimum atomic E-state index is -0.593. The number of rotatable bonds is 2. The van der Waals surface area contributed by atoms with Gasteiger partial charge >= 0.3 is 5.69 Å². The number of ether oxygens (including phenoxy) is 1. The first-order valence-electron chi connectivity index (χ1n) is 3.52. The van der Waals surface area contributed by atoms with Gasteiger partial charge in [-0.2, -0.15) is 5.26 Å². The number of nitro groups is 1. The van der Waals surface area contributed by atoms with Crippen molar-refractivity contribution in [2.75, 3.05) is 7.11 Å². The van der Waals surface area contributed by atoms with Gasteiger partial charge in [0.15, 0.2) is 0 Å². The third-order valence-electron chi connectivity index (χ3n) is 1.55. The minimum Gasteiger partial charge on any atom is -0.489 e. The van der Waals surface area contributed by atoms with E-state index in [1.165, 1.54) is 19.2 Å². The van der Waals surface area contributed by atoms with E-state index in [-0.39, 0.29) is 17.0 Å². The van der Waals surface area contributed by atoms with E-state index in [0.29, 0.717) is 4.47 Å². The molecule has 0 saturated carbocycles. The number of halogens is 1. The summed E-state index contributed by atoms with van der Waals surface area (Å²) in [5.41, 5.74) is -0.0113. The molecule has 14 heavy (non-hydrogen) atoms. The van der Waals surface area contributed by atoms with Crippen LogP contribution in [0.5, 0.6) is 5.75 Å². The molecule has 72 valence electrons. The molecule has 0 aliphatic rings. The van der Waals surface area contributed by atoms with Crippen molar-refractivity contribution in [2.45, 2.75) is 0 Å². The molecule has 0 bridgehead atoms. The molecule has 1 aromatic carbocycles. The highest BCUT2D eigenvalue weighted by atomic mass is 79.9. The molecule has 1 aromatic rings. The van der Waals surface area contributed by atoms with Crippen LogP contribution in [0.3, 0.4) is 0 Å². The number of methoxy groups -OCH3 is 1. The maximum absolute atomic E-state index is 10.6. The molecular formula is C8H5BrN2O3. The fourth-order valence-electron chi connectivity index (χ4n) is 0.981. The van der Waals surface area contributed by atoms with Crippen LogP contribution in [0.1, 0.15) is 5.56 Å². The lowest BCUT2D eigenvalue weighted by Crippen LogP contribution is -1.95. The second-order valence-corrected chi connectivity index (χ2v) is 3.23. The van der Waals surface area contributed by atoms with E-state index in [1.54, 1.807) is 0 Å². The van der Waals surface area contributed by atoms with Crippen LogP contribution in [-0.2, 0) is 0 Å². The Balaban J connectivity index is 3.45. The normalized spacial score (nSPS) is 9.21. The molecule has 0 aromatic heterocycles. The second-order valence-electron chi connectivity index (χ2n) is 2.38. The highest BCUT2D eigenvalue weighted by Gasteiger charge is 2.19. The average molecular weight is 257 g/mol. The molecule has 0 radical (unpaired) electrons. The van der Waals surface area contributed by atoms with Gasteiger partial charge in [-0.05, 0) is 22.0 Å². The lowest BCUT2D eigenvalue weighted by atomic mass is 10.2. The Morgan fingerprint density at radius 3 is 2.71 bits per heavy atom. The van der Waals surface area contributed by atoms with Crippen molar-refractivity contribution in [3.8, 4) is 11.8 Å². The molecule has 0 heterocycles. The van der Waals surface area contributed by atoms with E-state index in [0.717, 1.165) is 0 Å². The van der Waals surface area contributed by atoms with Crippen molar-refractivity contribution < 1.29 is 9.66 Å². The van der Waals surface area contributed by atoms with Gasteiger partial charge in [-0.3, -0.25) is 10.1 Å². The predicted octanol–water partition coefficient (Wildman–Crippen LogP) is 2.24. The van der Waals surface area contributed by atoms with Gasteiger partial charge in [0, 0.05) is 6.07 Å². The van der Waals surface area contributed by atoms with E-state index < -0.39 is 4.92 Å². The van der Waals surface area contributed by atoms with E-state index in [2.05, 4.69) is 15.9 Å². The van der Waals surface area contributed by atoms with Gasteiger partial charge in [-0.1, -0.05) is 0 Å². The van der Waals surface area contributed by atoms with Gasteiger partial charge in [-0.25, -0.2) is 0 Å². The Kier molecular flexibility index (Phi) is 3.04. The highest BCUT2D eigenvalue weighted by molar-refractivity contribution is 9.10. The van der Waals surface area contributed by atoms with Crippen molar-refractivity contribution >= 4 is 21.6 Å². The summed E-state index contributed by atoms with van der Waals surface area (Å²) in [6, 6.07) is 4.46. The zero-order chi connectivity index (χ0) is 10.7. The maximum atomic E-state index is 10.6. The lowest BCUT2D eigenvalue weighted by molar-refractivity contribution is -0.385. The fraction of sp³-hybridized carbons (Fsp3) is 0.125. The number of benzene rings is 1. The summed E-state index contributed by atoms with van der Waals surface area (Å²) in [5.74, 6) is 0.119. The first kappa shape index (κ1) is 10.5. The molecule has 0 saturated heterocycles. The SMILES string of the molecule is COc1c(Br)cc(C#N)cc1[N+](=O)[O-]. The first-order chi connectivity index (χ1) is 6.60. The Bertz CT molecular complexity index is 425. The Morgan fingerprint density at radius 2 is 2.29 bits per heavy atom. The number of nitro benzene ring substituents is 1. The monoisotopic (exact) mass is 256 g/mol. The molecule has 0 atom stereocenters. The summed E-state index contributed by atoms with van der Waals surface area (Å²) in [6.45, 7) is 0. The Morgan fingerprint density at radius 1 is 1.64 bits per heavy atom. The number of nitriles is 1. The van der Waals surface area contributed by atoms with Gasteiger partial charge in [0.05, 0.1) is 28.1 Å². The third-order valence-corrected chi connectivity index (χ3v) is 2.14. The molecule has 0 spiro atoms. The van der Waals surface area contributed by atoms with E-state index in [1.807, 2.05) is 6.07 Å². The average Bonchev–Trinajstić information content (AvgIpc) is 2.16. The van der Waals surface area contributed by atoms with Crippen molar-refractivity contribution in [1.29, 1.82) is 5.26 Å². The van der Waals surface area contributed by atoms with Gasteiger partial charge < -0.3 is 4.74 Å². The first-order valence-corrected chi connectivity index (χ1v) is 4.31. The van der Waals surface area contributed by atoms with Crippen LogP contribution in [0, 0.1) is 21.4 Å². The Labute approximate surface area is 88.2 Å². The second kappa shape index (κ2) is 4.07. The van der Waals surface area contributed by atoms with Crippen LogP contribution in [0.2, 0.25) is 0 Å². The fourth-order valence-corrected chi connectivity index (χ4v) is 1.59. The quantitative estimate of drug-likeness (QED) is 0.601. The summed E-state index contributed by atoms with van der Waals surface area (Å²) in [5, 5.41) is 19.2. The lowest BCUT2D eigenvalue weighted by Gasteiger charge is -2.03. The molecule has 0 amide bonds. The van der Waals surface area contributed by atoms with Crippen LogP contribution in [0.25, 0.3) is 0 Å². The van der Waals surface area contributed by atoms with Crippen LogP contribution >= 0.6 is 15.9 Å². The van der Waals surface area contributed by atoms with E-state index >= 15 is 0 Å². The van der Waals surface area contributed by atoms with Gasteiger partial charge in [0.25, 0.3) is 0 Å². The van der Waals surface area contributed by atoms with E-state index in [4.69, 9.17) is 10.00 Å². The zero-order valence-corrected chi connectivity index (χ0v) is 8.74. The molecule has 1 rings (SSSR count). The smallest absolute Gasteiger partial charge is 0.313 e. The molecule has 6 heteroatoms. The standard InChI is InChI=1S/C8H5BrN2O3/c1-14-8-6(9)2-5(4-10)3-7(8)11(12)13/h2-3H,1H3. The summed E-state index contributed by atoms with van der Waals surface area (Å²) < 4.78 is 5.23. The molecule has 5 nitrogen and oxygen atoms in total. The molecule has 0 aliphatic heterocycles. The van der Waals surface area contributed by atoms with Crippen LogP contribution in [-0.4, -0.2) is 12.0 Å². The van der Waals surface area contributed by atoms with Crippen LogP contribution in [0.15, 0.2) is 16.6 Å². The topological polar surface area (TPSA) is 76.2 Å². The molecule has 0 aliphatic carbocycles. The minimum absolute atomic E-state index is 0.119. The summed E-state index contributed by atoms with van der Waals surface area (Å²) in [6.07, 6.45) is 0. The van der Waals surface area contributed by atoms with Gasteiger partial charge in [0.1, 0.15) is 0 Å². The molecule has 0 unspecified atom stereocenters. The third kappa shape index (κ3) is 1.83. The Hall–Kier alpha value is -1.61. The van der Waals surface area contributed by atoms with Crippen molar-refractivity contribution in [1.82, 2.24) is 0 Å². The van der Waals surface area contributed by atoms with Crippen LogP contribution < -0.4 is 4.74 Å². The van der Waals surface area contributed by atoms with Gasteiger partial charge in [-0.15, -0.1) is 0 Å². The molecular weight excluding hydrogens is 252 g/mol. The van der Waals surface area contributed by atoms with Crippen LogP contribution in [0.4, 0.5) is 5.69 Å². The summed E-state index contributed by atoms with van der Waals surface area (Å²) >= 11 is 3.09. The number of hydrogen-bond donors (Lipinski definition) is 0. The summed E-state index contributed by atoms with van der Waals surface area (Å²) in [7, 11) is 1.33. The molecule has 0 N–H and O–H groups in total. The number of nitrogens with zero attached hydrogens (tertiary/aromatic N) is 2. The van der Waals surface area contributed by atoms with Crippen molar-refractivity contribution in [3.05, 3.63) is 32.3 Å².